The maximum atomic E-state index is 9.23. The zero-order valence-corrected chi connectivity index (χ0v) is 12.3. The number of ether oxygens (including phenoxy) is 1. The Morgan fingerprint density at radius 1 is 1.37 bits per heavy atom. The number of methoxy groups -OCH3 is 1. The smallest absolute Gasteiger partial charge is 0.488 e. The summed E-state index contributed by atoms with van der Waals surface area (Å²) in [6.45, 7) is 6.14. The summed E-state index contributed by atoms with van der Waals surface area (Å²) in [5.41, 5.74) is 1.46. The molecular formula is C14H24BNO3. The van der Waals surface area contributed by atoms with Crippen molar-refractivity contribution in [1.29, 1.82) is 0 Å². The Hall–Kier alpha value is -1.04. The lowest BCUT2D eigenvalue weighted by Crippen LogP contribution is -2.31. The third-order valence-electron chi connectivity index (χ3n) is 3.36. The van der Waals surface area contributed by atoms with Crippen molar-refractivity contribution in [3.8, 4) is 5.75 Å². The Morgan fingerprint density at radius 2 is 2.05 bits per heavy atom. The molecule has 0 spiro atoms. The van der Waals surface area contributed by atoms with Crippen molar-refractivity contribution >= 4 is 12.6 Å². The van der Waals surface area contributed by atoms with Crippen LogP contribution in [0, 0.1) is 5.92 Å². The van der Waals surface area contributed by atoms with Crippen LogP contribution in [-0.2, 0) is 6.54 Å². The maximum Gasteiger partial charge on any atom is 0.488 e. The van der Waals surface area contributed by atoms with Crippen LogP contribution in [0.25, 0.3) is 0 Å². The average molecular weight is 265 g/mol. The highest BCUT2D eigenvalue weighted by molar-refractivity contribution is 6.58. The minimum atomic E-state index is -1.44. The zero-order chi connectivity index (χ0) is 14.4. The molecule has 19 heavy (non-hydrogen) atoms. The Kier molecular flexibility index (Phi) is 6.35. The molecule has 0 aliphatic rings. The van der Waals surface area contributed by atoms with E-state index in [4.69, 9.17) is 4.74 Å². The summed E-state index contributed by atoms with van der Waals surface area (Å²) in [5.74, 6) is 1.42. The summed E-state index contributed by atoms with van der Waals surface area (Å²) >= 11 is 0. The standard InChI is InChI=1S/C14H24BNO3/c1-5-11(2)9-16(3)10-12-8-13(15(17)18)6-7-14(12)19-4/h6-8,11,17-18H,5,9-10H2,1-4H3. The number of hydrogen-bond acceptors (Lipinski definition) is 4. The van der Waals surface area contributed by atoms with Gasteiger partial charge in [-0.2, -0.15) is 0 Å². The van der Waals surface area contributed by atoms with Gasteiger partial charge >= 0.3 is 7.12 Å². The summed E-state index contributed by atoms with van der Waals surface area (Å²) in [4.78, 5) is 2.22. The van der Waals surface area contributed by atoms with Crippen molar-refractivity contribution in [1.82, 2.24) is 4.90 Å². The third-order valence-corrected chi connectivity index (χ3v) is 3.36. The largest absolute Gasteiger partial charge is 0.496 e. The van der Waals surface area contributed by atoms with E-state index in [2.05, 4.69) is 25.8 Å². The number of benzene rings is 1. The van der Waals surface area contributed by atoms with E-state index in [-0.39, 0.29) is 0 Å². The maximum absolute atomic E-state index is 9.23. The van der Waals surface area contributed by atoms with Crippen LogP contribution in [0.4, 0.5) is 0 Å². The first-order chi connectivity index (χ1) is 8.97. The Morgan fingerprint density at radius 3 is 2.58 bits per heavy atom. The predicted molar refractivity (Wildman–Crippen MR) is 78.6 cm³/mol. The fourth-order valence-electron chi connectivity index (χ4n) is 2.10. The van der Waals surface area contributed by atoms with Crippen LogP contribution in [0.3, 0.4) is 0 Å². The Labute approximate surface area is 116 Å². The number of nitrogens with zero attached hydrogens (tertiary/aromatic N) is 1. The molecule has 2 N–H and O–H groups in total. The van der Waals surface area contributed by atoms with E-state index in [1.54, 1.807) is 25.3 Å². The zero-order valence-electron chi connectivity index (χ0n) is 12.3. The predicted octanol–water partition coefficient (Wildman–Crippen LogP) is 0.853. The van der Waals surface area contributed by atoms with Crippen LogP contribution >= 0.6 is 0 Å². The number of hydrogen-bond donors (Lipinski definition) is 2. The molecule has 1 atom stereocenters. The van der Waals surface area contributed by atoms with E-state index >= 15 is 0 Å². The summed E-state index contributed by atoms with van der Waals surface area (Å²) in [5, 5.41) is 18.5. The summed E-state index contributed by atoms with van der Waals surface area (Å²) in [6.07, 6.45) is 1.15. The van der Waals surface area contributed by atoms with Crippen molar-refractivity contribution in [2.75, 3.05) is 20.7 Å². The first kappa shape index (κ1) is 16.0. The molecule has 0 aliphatic carbocycles. The molecule has 1 rings (SSSR count). The van der Waals surface area contributed by atoms with Gasteiger partial charge in [-0.15, -0.1) is 0 Å². The second-order valence-electron chi connectivity index (χ2n) is 5.16. The molecule has 0 aliphatic heterocycles. The van der Waals surface area contributed by atoms with Gasteiger partial charge in [-0.1, -0.05) is 32.4 Å². The average Bonchev–Trinajstić information content (AvgIpc) is 2.38. The van der Waals surface area contributed by atoms with Gasteiger partial charge in [0.1, 0.15) is 5.75 Å². The van der Waals surface area contributed by atoms with Crippen LogP contribution in [0.15, 0.2) is 18.2 Å². The highest BCUT2D eigenvalue weighted by Gasteiger charge is 2.15. The molecule has 1 aromatic rings. The Bertz CT molecular complexity index is 398. The molecule has 0 fully saturated rings. The van der Waals surface area contributed by atoms with Gasteiger partial charge in [0, 0.05) is 18.7 Å². The Balaban J connectivity index is 2.82. The van der Waals surface area contributed by atoms with Gasteiger partial charge in [-0.3, -0.25) is 0 Å². The van der Waals surface area contributed by atoms with Crippen molar-refractivity contribution in [3.05, 3.63) is 23.8 Å². The van der Waals surface area contributed by atoms with Gasteiger partial charge in [0.05, 0.1) is 7.11 Å². The highest BCUT2D eigenvalue weighted by atomic mass is 16.5. The molecule has 0 aromatic heterocycles. The second-order valence-corrected chi connectivity index (χ2v) is 5.16. The summed E-state index contributed by atoms with van der Waals surface area (Å²) in [6, 6.07) is 5.24. The normalized spacial score (nSPS) is 12.6. The second kappa shape index (κ2) is 7.53. The monoisotopic (exact) mass is 265 g/mol. The van der Waals surface area contributed by atoms with Crippen molar-refractivity contribution in [2.45, 2.75) is 26.8 Å². The van der Waals surface area contributed by atoms with Crippen LogP contribution in [0.5, 0.6) is 5.75 Å². The van der Waals surface area contributed by atoms with Crippen molar-refractivity contribution < 1.29 is 14.8 Å². The highest BCUT2D eigenvalue weighted by Crippen LogP contribution is 2.18. The van der Waals surface area contributed by atoms with Gasteiger partial charge in [0.15, 0.2) is 0 Å². The van der Waals surface area contributed by atoms with Crippen LogP contribution < -0.4 is 10.2 Å². The minimum Gasteiger partial charge on any atom is -0.496 e. The molecule has 1 unspecified atom stereocenters. The molecule has 0 amide bonds. The third kappa shape index (κ3) is 4.86. The molecule has 5 heteroatoms. The van der Waals surface area contributed by atoms with Gasteiger partial charge in [0.2, 0.25) is 0 Å². The fraction of sp³-hybridized carbons (Fsp3) is 0.571. The van der Waals surface area contributed by atoms with Gasteiger partial charge in [0.25, 0.3) is 0 Å². The molecule has 1 aromatic carbocycles. The lowest BCUT2D eigenvalue weighted by molar-refractivity contribution is 0.271. The first-order valence-electron chi connectivity index (χ1n) is 6.69. The van der Waals surface area contributed by atoms with Gasteiger partial charge in [-0.25, -0.2) is 0 Å². The number of rotatable bonds is 7. The van der Waals surface area contributed by atoms with Gasteiger partial charge < -0.3 is 19.7 Å². The van der Waals surface area contributed by atoms with E-state index in [1.807, 2.05) is 0 Å². The van der Waals surface area contributed by atoms with Gasteiger partial charge in [-0.05, 0) is 24.5 Å². The lowest BCUT2D eigenvalue weighted by Gasteiger charge is -2.22. The van der Waals surface area contributed by atoms with Crippen LogP contribution in [0.2, 0.25) is 0 Å². The fourth-order valence-corrected chi connectivity index (χ4v) is 2.10. The molecule has 4 nitrogen and oxygen atoms in total. The quantitative estimate of drug-likeness (QED) is 0.718. The summed E-state index contributed by atoms with van der Waals surface area (Å²) in [7, 11) is 2.25. The SMILES string of the molecule is CCC(C)CN(C)Cc1cc(B(O)O)ccc1OC. The molecule has 0 saturated carbocycles. The summed E-state index contributed by atoms with van der Waals surface area (Å²) < 4.78 is 5.32. The molecule has 0 heterocycles. The first-order valence-corrected chi connectivity index (χ1v) is 6.69. The molecule has 106 valence electrons. The molecule has 0 saturated heterocycles. The molecule has 0 radical (unpaired) electrons. The van der Waals surface area contributed by atoms with E-state index in [0.717, 1.165) is 30.8 Å². The minimum absolute atomic E-state index is 0.493. The van der Waals surface area contributed by atoms with Crippen LogP contribution in [-0.4, -0.2) is 42.8 Å². The van der Waals surface area contributed by atoms with E-state index in [1.165, 1.54) is 0 Å². The lowest BCUT2D eigenvalue weighted by atomic mass is 9.79. The molecule has 0 bridgehead atoms. The van der Waals surface area contributed by atoms with Crippen molar-refractivity contribution in [3.63, 3.8) is 0 Å². The topological polar surface area (TPSA) is 52.9 Å². The molecular weight excluding hydrogens is 241 g/mol. The van der Waals surface area contributed by atoms with Crippen molar-refractivity contribution in [2.24, 2.45) is 5.92 Å². The van der Waals surface area contributed by atoms with Crippen LogP contribution in [0.1, 0.15) is 25.8 Å². The van der Waals surface area contributed by atoms with E-state index < -0.39 is 7.12 Å². The van der Waals surface area contributed by atoms with E-state index in [9.17, 15) is 10.0 Å². The van der Waals surface area contributed by atoms with E-state index in [0.29, 0.717) is 11.4 Å².